The number of hydrogen-bond donors (Lipinski definition) is 1. The van der Waals surface area contributed by atoms with Crippen molar-refractivity contribution in [2.75, 3.05) is 21.3 Å². The minimum absolute atomic E-state index is 0.0119. The van der Waals surface area contributed by atoms with Crippen LogP contribution in [-0.2, 0) is 11.3 Å². The van der Waals surface area contributed by atoms with Gasteiger partial charge >= 0.3 is 0 Å². The van der Waals surface area contributed by atoms with Crippen molar-refractivity contribution in [3.63, 3.8) is 0 Å². The molecule has 30 heavy (non-hydrogen) atoms. The van der Waals surface area contributed by atoms with E-state index in [0.29, 0.717) is 11.5 Å². The van der Waals surface area contributed by atoms with Crippen molar-refractivity contribution in [3.05, 3.63) is 71.3 Å². The lowest BCUT2D eigenvalue weighted by atomic mass is 10.0. The van der Waals surface area contributed by atoms with Crippen molar-refractivity contribution >= 4 is 22.8 Å². The smallest absolute Gasteiger partial charge is 0.262 e. The van der Waals surface area contributed by atoms with Crippen LogP contribution in [-0.4, -0.2) is 27.2 Å². The molecule has 0 spiro atoms. The van der Waals surface area contributed by atoms with Crippen molar-refractivity contribution in [2.45, 2.75) is 6.54 Å². The minimum atomic E-state index is -0.463. The van der Waals surface area contributed by atoms with Gasteiger partial charge in [0.1, 0.15) is 28.9 Å². The molecule has 6 heteroatoms. The minimum Gasteiger partial charge on any atom is -0.497 e. The van der Waals surface area contributed by atoms with Gasteiger partial charge in [-0.15, -0.1) is 0 Å². The first-order chi connectivity index (χ1) is 14.6. The summed E-state index contributed by atoms with van der Waals surface area (Å²) in [5, 5.41) is 14.1. The Morgan fingerprint density at radius 3 is 2.37 bits per heavy atom. The third-order valence-electron chi connectivity index (χ3n) is 4.74. The molecule has 0 aliphatic heterocycles. The van der Waals surface area contributed by atoms with Crippen molar-refractivity contribution in [1.29, 1.82) is 5.26 Å². The van der Waals surface area contributed by atoms with E-state index in [2.05, 4.69) is 5.32 Å². The molecule has 0 atom stereocenters. The van der Waals surface area contributed by atoms with Gasteiger partial charge in [0.2, 0.25) is 0 Å². The number of nitriles is 1. The average molecular weight is 402 g/mol. The number of rotatable bonds is 7. The second-order valence-corrected chi connectivity index (χ2v) is 6.43. The summed E-state index contributed by atoms with van der Waals surface area (Å²) >= 11 is 0. The van der Waals surface area contributed by atoms with Crippen LogP contribution in [0.1, 0.15) is 11.1 Å². The van der Waals surface area contributed by atoms with Crippen LogP contribution >= 0.6 is 0 Å². The van der Waals surface area contributed by atoms with Gasteiger partial charge in [-0.1, -0.05) is 30.3 Å². The van der Waals surface area contributed by atoms with E-state index in [0.717, 1.165) is 27.6 Å². The van der Waals surface area contributed by atoms with E-state index in [1.807, 2.05) is 48.5 Å². The molecule has 0 heterocycles. The Bertz CT molecular complexity index is 1150. The van der Waals surface area contributed by atoms with E-state index in [9.17, 15) is 10.1 Å². The normalized spacial score (nSPS) is 10.9. The highest BCUT2D eigenvalue weighted by Gasteiger charge is 2.13. The highest BCUT2D eigenvalue weighted by atomic mass is 16.5. The van der Waals surface area contributed by atoms with E-state index >= 15 is 0 Å². The molecule has 3 aromatic carbocycles. The zero-order chi connectivity index (χ0) is 21.5. The van der Waals surface area contributed by atoms with Gasteiger partial charge in [0.05, 0.1) is 21.3 Å². The summed E-state index contributed by atoms with van der Waals surface area (Å²) in [5.41, 5.74) is 1.55. The topological polar surface area (TPSA) is 80.6 Å². The molecule has 152 valence electrons. The lowest BCUT2D eigenvalue weighted by Gasteiger charge is -2.11. The van der Waals surface area contributed by atoms with Gasteiger partial charge in [-0.2, -0.15) is 5.26 Å². The summed E-state index contributed by atoms with van der Waals surface area (Å²) in [6, 6.07) is 18.7. The Balaban J connectivity index is 1.85. The molecule has 0 aromatic heterocycles. The molecule has 0 unspecified atom stereocenters. The van der Waals surface area contributed by atoms with Crippen LogP contribution in [0.2, 0.25) is 0 Å². The van der Waals surface area contributed by atoms with Crippen LogP contribution in [0.5, 0.6) is 17.2 Å². The Morgan fingerprint density at radius 1 is 0.967 bits per heavy atom. The van der Waals surface area contributed by atoms with E-state index < -0.39 is 5.91 Å². The lowest BCUT2D eigenvalue weighted by molar-refractivity contribution is -0.117. The van der Waals surface area contributed by atoms with E-state index in [4.69, 9.17) is 14.2 Å². The molecular weight excluding hydrogens is 380 g/mol. The standard InChI is InChI=1S/C24H22N2O4/c1-28-19-10-8-17(23(13-19)30-3)15-26-24(27)18(14-25)12-16-9-11-22(29-2)21-7-5-4-6-20(16)21/h4-13H,15H2,1-3H3,(H,26,27)/b18-12+. The monoisotopic (exact) mass is 402 g/mol. The first kappa shape index (κ1) is 20.7. The molecule has 0 saturated carbocycles. The van der Waals surface area contributed by atoms with Gasteiger partial charge in [0.15, 0.2) is 0 Å². The van der Waals surface area contributed by atoms with E-state index in [-0.39, 0.29) is 12.1 Å². The average Bonchev–Trinajstić information content (AvgIpc) is 2.80. The number of methoxy groups -OCH3 is 3. The summed E-state index contributed by atoms with van der Waals surface area (Å²) in [4.78, 5) is 12.6. The molecule has 0 aliphatic rings. The van der Waals surface area contributed by atoms with Crippen LogP contribution in [0.25, 0.3) is 16.8 Å². The highest BCUT2D eigenvalue weighted by Crippen LogP contribution is 2.29. The second kappa shape index (κ2) is 9.48. The van der Waals surface area contributed by atoms with Crippen molar-refractivity contribution in [1.82, 2.24) is 5.32 Å². The van der Waals surface area contributed by atoms with Crippen molar-refractivity contribution in [2.24, 2.45) is 0 Å². The number of fused-ring (bicyclic) bond motifs is 1. The molecule has 6 nitrogen and oxygen atoms in total. The van der Waals surface area contributed by atoms with Crippen LogP contribution in [0.4, 0.5) is 0 Å². The summed E-state index contributed by atoms with van der Waals surface area (Å²) in [6.07, 6.45) is 1.59. The predicted molar refractivity (Wildman–Crippen MR) is 115 cm³/mol. The first-order valence-corrected chi connectivity index (χ1v) is 9.28. The van der Waals surface area contributed by atoms with Crippen LogP contribution in [0.15, 0.2) is 60.2 Å². The number of carbonyl (C=O) groups excluding carboxylic acids is 1. The Morgan fingerprint density at radius 2 is 1.70 bits per heavy atom. The largest absolute Gasteiger partial charge is 0.497 e. The molecule has 0 fully saturated rings. The van der Waals surface area contributed by atoms with Gasteiger partial charge in [0.25, 0.3) is 5.91 Å². The summed E-state index contributed by atoms with van der Waals surface area (Å²) in [7, 11) is 4.73. The quantitative estimate of drug-likeness (QED) is 0.476. The van der Waals surface area contributed by atoms with E-state index in [1.165, 1.54) is 0 Å². The number of benzene rings is 3. The second-order valence-electron chi connectivity index (χ2n) is 6.43. The maximum Gasteiger partial charge on any atom is 0.262 e. The first-order valence-electron chi connectivity index (χ1n) is 9.28. The third-order valence-corrected chi connectivity index (χ3v) is 4.74. The Labute approximate surface area is 175 Å². The molecular formula is C24H22N2O4. The summed E-state index contributed by atoms with van der Waals surface area (Å²) in [6.45, 7) is 0.217. The molecule has 3 aromatic rings. The number of carbonyl (C=O) groups is 1. The molecule has 3 rings (SSSR count). The maximum absolute atomic E-state index is 12.6. The molecule has 0 bridgehead atoms. The zero-order valence-electron chi connectivity index (χ0n) is 17.1. The lowest BCUT2D eigenvalue weighted by Crippen LogP contribution is -2.24. The number of amides is 1. The van der Waals surface area contributed by atoms with Gasteiger partial charge in [-0.25, -0.2) is 0 Å². The zero-order valence-corrected chi connectivity index (χ0v) is 17.1. The SMILES string of the molecule is COc1ccc(CNC(=O)/C(C#N)=C/c2ccc(OC)c3ccccc23)c(OC)c1. The van der Waals surface area contributed by atoms with Crippen LogP contribution in [0, 0.1) is 11.3 Å². The number of hydrogen-bond acceptors (Lipinski definition) is 5. The molecule has 1 N–H and O–H groups in total. The van der Waals surface area contributed by atoms with Gasteiger partial charge < -0.3 is 19.5 Å². The van der Waals surface area contributed by atoms with Gasteiger partial charge in [0, 0.05) is 23.6 Å². The Hall–Kier alpha value is -3.98. The van der Waals surface area contributed by atoms with Crippen LogP contribution in [0.3, 0.4) is 0 Å². The fraction of sp³-hybridized carbons (Fsp3) is 0.167. The molecule has 1 amide bonds. The van der Waals surface area contributed by atoms with Crippen molar-refractivity contribution < 1.29 is 19.0 Å². The van der Waals surface area contributed by atoms with E-state index in [1.54, 1.807) is 39.5 Å². The molecule has 0 aliphatic carbocycles. The predicted octanol–water partition coefficient (Wildman–Crippen LogP) is 4.09. The Kier molecular flexibility index (Phi) is 6.56. The number of ether oxygens (including phenoxy) is 3. The fourth-order valence-corrected chi connectivity index (χ4v) is 3.17. The highest BCUT2D eigenvalue weighted by molar-refractivity contribution is 6.04. The maximum atomic E-state index is 12.6. The van der Waals surface area contributed by atoms with Gasteiger partial charge in [-0.05, 0) is 35.2 Å². The summed E-state index contributed by atoms with van der Waals surface area (Å²) in [5.74, 6) is 1.52. The van der Waals surface area contributed by atoms with Gasteiger partial charge in [-0.3, -0.25) is 4.79 Å². The van der Waals surface area contributed by atoms with Crippen molar-refractivity contribution in [3.8, 4) is 23.3 Å². The molecule has 0 radical (unpaired) electrons. The fourth-order valence-electron chi connectivity index (χ4n) is 3.17. The number of nitrogens with zero attached hydrogens (tertiary/aromatic N) is 1. The molecule has 0 saturated heterocycles. The number of nitrogens with one attached hydrogen (secondary N) is 1. The summed E-state index contributed by atoms with van der Waals surface area (Å²) < 4.78 is 15.9. The van der Waals surface area contributed by atoms with Crippen LogP contribution < -0.4 is 19.5 Å². The third kappa shape index (κ3) is 4.36.